The van der Waals surface area contributed by atoms with Gasteiger partial charge in [0.15, 0.2) is 0 Å². The maximum Gasteiger partial charge on any atom is 0.337 e. The van der Waals surface area contributed by atoms with E-state index >= 15 is 0 Å². The number of nitrogens with one attached hydrogen (secondary N) is 2. The Morgan fingerprint density at radius 2 is 1.91 bits per heavy atom. The fourth-order valence-corrected chi connectivity index (χ4v) is 3.95. The predicted octanol–water partition coefficient (Wildman–Crippen LogP) is 2.56. The van der Waals surface area contributed by atoms with Gasteiger partial charge in [-0.3, -0.25) is 14.3 Å². The Morgan fingerprint density at radius 3 is 2.64 bits per heavy atom. The van der Waals surface area contributed by atoms with Gasteiger partial charge in [-0.1, -0.05) is 5.16 Å². The summed E-state index contributed by atoms with van der Waals surface area (Å²) in [6, 6.07) is 6.47. The smallest absolute Gasteiger partial charge is 0.337 e. The van der Waals surface area contributed by atoms with Crippen molar-refractivity contribution in [2.75, 3.05) is 12.4 Å². The second-order valence-electron chi connectivity index (χ2n) is 7.99. The maximum atomic E-state index is 12.7. The van der Waals surface area contributed by atoms with E-state index in [9.17, 15) is 14.4 Å². The number of methoxy groups -OCH3 is 1. The monoisotopic (exact) mass is 451 g/mol. The first-order valence-corrected chi connectivity index (χ1v) is 10.7. The van der Waals surface area contributed by atoms with Crippen LogP contribution in [0.3, 0.4) is 0 Å². The normalized spacial score (nSPS) is 12.7. The van der Waals surface area contributed by atoms with E-state index in [-0.39, 0.29) is 29.7 Å². The van der Waals surface area contributed by atoms with Crippen molar-refractivity contribution in [3.8, 4) is 0 Å². The molecule has 0 unspecified atom stereocenters. The number of amides is 2. The third kappa shape index (κ3) is 4.79. The van der Waals surface area contributed by atoms with E-state index in [0.717, 1.165) is 36.9 Å². The quantitative estimate of drug-likeness (QED) is 0.551. The molecule has 4 rings (SSSR count). The molecule has 0 atom stereocenters. The summed E-state index contributed by atoms with van der Waals surface area (Å²) in [5.74, 6) is -1.07. The van der Waals surface area contributed by atoms with Crippen LogP contribution in [0.1, 0.15) is 66.8 Å². The summed E-state index contributed by atoms with van der Waals surface area (Å²) in [6.07, 6.45) is 3.61. The lowest BCUT2D eigenvalue weighted by atomic mass is 9.96. The van der Waals surface area contributed by atoms with Crippen molar-refractivity contribution in [1.29, 1.82) is 0 Å². The Kier molecular flexibility index (Phi) is 6.25. The van der Waals surface area contributed by atoms with Crippen LogP contribution in [-0.2, 0) is 31.2 Å². The lowest BCUT2D eigenvalue weighted by molar-refractivity contribution is 0.0600. The highest BCUT2D eigenvalue weighted by molar-refractivity contribution is 6.04. The molecule has 0 spiro atoms. The molecule has 2 heterocycles. The summed E-state index contributed by atoms with van der Waals surface area (Å²) in [6.45, 7) is 1.91. The fourth-order valence-electron chi connectivity index (χ4n) is 3.95. The first-order valence-electron chi connectivity index (χ1n) is 10.7. The van der Waals surface area contributed by atoms with Crippen LogP contribution in [0.15, 0.2) is 28.8 Å². The number of aryl methyl sites for hydroxylation is 3. The summed E-state index contributed by atoms with van der Waals surface area (Å²) >= 11 is 0. The van der Waals surface area contributed by atoms with Gasteiger partial charge in [0.1, 0.15) is 5.69 Å². The zero-order valence-electron chi connectivity index (χ0n) is 18.7. The Bertz CT molecular complexity index is 1230. The molecule has 2 N–H and O–H groups in total. The van der Waals surface area contributed by atoms with E-state index in [4.69, 9.17) is 9.26 Å². The fraction of sp³-hybridized carbons (Fsp3) is 0.348. The van der Waals surface area contributed by atoms with E-state index in [2.05, 4.69) is 20.9 Å². The van der Waals surface area contributed by atoms with E-state index < -0.39 is 5.97 Å². The van der Waals surface area contributed by atoms with Gasteiger partial charge in [0, 0.05) is 24.8 Å². The Balaban J connectivity index is 1.53. The second-order valence-corrected chi connectivity index (χ2v) is 7.99. The molecule has 33 heavy (non-hydrogen) atoms. The zero-order chi connectivity index (χ0) is 23.5. The lowest BCUT2D eigenvalue weighted by Gasteiger charge is -2.12. The van der Waals surface area contributed by atoms with Gasteiger partial charge < -0.3 is 19.9 Å². The summed E-state index contributed by atoms with van der Waals surface area (Å²) in [4.78, 5) is 37.5. The van der Waals surface area contributed by atoms with E-state index in [1.807, 2.05) is 0 Å². The molecule has 10 nitrogen and oxygen atoms in total. The molecule has 1 aromatic carbocycles. The largest absolute Gasteiger partial charge is 0.465 e. The van der Waals surface area contributed by atoms with Crippen LogP contribution in [0.25, 0.3) is 0 Å². The Labute approximate surface area is 190 Å². The van der Waals surface area contributed by atoms with Gasteiger partial charge in [-0.05, 0) is 62.4 Å². The van der Waals surface area contributed by atoms with Crippen molar-refractivity contribution in [1.82, 2.24) is 20.3 Å². The minimum atomic E-state index is -0.556. The number of anilines is 1. The highest BCUT2D eigenvalue weighted by atomic mass is 16.5. The number of nitrogens with zero attached hydrogens (tertiary/aromatic N) is 3. The molecule has 2 aromatic heterocycles. The van der Waals surface area contributed by atoms with Gasteiger partial charge in [0.2, 0.25) is 5.76 Å². The number of hydrogen-bond donors (Lipinski definition) is 2. The number of carbonyl (C=O) groups excluding carboxylic acids is 3. The zero-order valence-corrected chi connectivity index (χ0v) is 18.7. The summed E-state index contributed by atoms with van der Waals surface area (Å²) in [7, 11) is 2.95. The molecule has 0 radical (unpaired) electrons. The third-order valence-corrected chi connectivity index (χ3v) is 5.53. The summed E-state index contributed by atoms with van der Waals surface area (Å²) < 4.78 is 11.6. The third-order valence-electron chi connectivity index (χ3n) is 5.53. The van der Waals surface area contributed by atoms with Gasteiger partial charge in [-0.25, -0.2) is 4.79 Å². The van der Waals surface area contributed by atoms with E-state index in [0.29, 0.717) is 22.6 Å². The van der Waals surface area contributed by atoms with Crippen LogP contribution in [0.4, 0.5) is 5.69 Å². The van der Waals surface area contributed by atoms with Crippen LogP contribution >= 0.6 is 0 Å². The lowest BCUT2D eigenvalue weighted by Crippen LogP contribution is -2.24. The second kappa shape index (κ2) is 9.27. The molecule has 10 heteroatoms. The molecular formula is C23H25N5O5. The van der Waals surface area contributed by atoms with E-state index in [1.54, 1.807) is 32.2 Å². The Hall–Kier alpha value is -3.95. The molecule has 0 bridgehead atoms. The highest BCUT2D eigenvalue weighted by Crippen LogP contribution is 2.24. The molecule has 0 saturated heterocycles. The number of ether oxygens (including phenoxy) is 1. The van der Waals surface area contributed by atoms with Gasteiger partial charge >= 0.3 is 5.97 Å². The van der Waals surface area contributed by atoms with Crippen molar-refractivity contribution < 1.29 is 23.6 Å². The first kappa shape index (κ1) is 22.3. The van der Waals surface area contributed by atoms with Crippen molar-refractivity contribution in [3.05, 3.63) is 63.8 Å². The summed E-state index contributed by atoms with van der Waals surface area (Å²) in [5.41, 5.74) is 4.04. The molecule has 1 aliphatic rings. The van der Waals surface area contributed by atoms with Gasteiger partial charge in [-0.15, -0.1) is 0 Å². The van der Waals surface area contributed by atoms with Crippen molar-refractivity contribution in [2.24, 2.45) is 7.05 Å². The minimum absolute atomic E-state index is 0.118. The maximum absolute atomic E-state index is 12.7. The van der Waals surface area contributed by atoms with Crippen LogP contribution in [0, 0.1) is 6.92 Å². The first-order chi connectivity index (χ1) is 15.9. The summed E-state index contributed by atoms with van der Waals surface area (Å²) in [5, 5.41) is 13.8. The van der Waals surface area contributed by atoms with Crippen molar-refractivity contribution in [2.45, 2.75) is 39.2 Å². The number of hydrogen-bond acceptors (Lipinski definition) is 7. The van der Waals surface area contributed by atoms with Crippen LogP contribution in [0.5, 0.6) is 0 Å². The highest BCUT2D eigenvalue weighted by Gasteiger charge is 2.24. The van der Waals surface area contributed by atoms with Crippen molar-refractivity contribution >= 4 is 23.5 Å². The number of carbonyl (C=O) groups is 3. The molecule has 0 saturated carbocycles. The minimum Gasteiger partial charge on any atom is -0.465 e. The van der Waals surface area contributed by atoms with Crippen LogP contribution < -0.4 is 10.6 Å². The average Bonchev–Trinajstić information content (AvgIpc) is 3.39. The molecule has 0 aliphatic heterocycles. The number of aromatic nitrogens is 3. The number of fused-ring (bicyclic) bond motifs is 1. The molecule has 1 aliphatic carbocycles. The standard InChI is InChI=1S/C23H25N5O5/c1-13-8-19(28(2)26-13)21(29)25-16-10-14(9-15(11-16)23(31)32-3)12-24-22(30)20-17-6-4-5-7-18(17)27-33-20/h8-11H,4-7,12H2,1-3H3,(H,24,30)(H,25,29). The topological polar surface area (TPSA) is 128 Å². The number of benzene rings is 1. The molecule has 0 fully saturated rings. The molecule has 3 aromatic rings. The predicted molar refractivity (Wildman–Crippen MR) is 118 cm³/mol. The number of rotatable bonds is 6. The van der Waals surface area contributed by atoms with Gasteiger partial charge in [0.25, 0.3) is 11.8 Å². The average molecular weight is 451 g/mol. The van der Waals surface area contributed by atoms with E-state index in [1.165, 1.54) is 17.9 Å². The van der Waals surface area contributed by atoms with Gasteiger partial charge in [-0.2, -0.15) is 5.10 Å². The molecular weight excluding hydrogens is 426 g/mol. The van der Waals surface area contributed by atoms with Crippen molar-refractivity contribution in [3.63, 3.8) is 0 Å². The van der Waals surface area contributed by atoms with Crippen LogP contribution in [-0.4, -0.2) is 39.8 Å². The molecule has 2 amide bonds. The number of esters is 1. The molecule has 172 valence electrons. The van der Waals surface area contributed by atoms with Gasteiger partial charge in [0.05, 0.1) is 24.1 Å². The van der Waals surface area contributed by atoms with Crippen LogP contribution in [0.2, 0.25) is 0 Å². The SMILES string of the molecule is COC(=O)c1cc(CNC(=O)c2onc3c2CCCC3)cc(NC(=O)c2cc(C)nn2C)c1. The Morgan fingerprint density at radius 1 is 1.12 bits per heavy atom.